The fourth-order valence-electron chi connectivity index (χ4n) is 2.57. The van der Waals surface area contributed by atoms with E-state index in [0.29, 0.717) is 6.04 Å². The van der Waals surface area contributed by atoms with Crippen LogP contribution < -0.4 is 5.32 Å². The van der Waals surface area contributed by atoms with Gasteiger partial charge in [-0.05, 0) is 12.8 Å². The van der Waals surface area contributed by atoms with Crippen molar-refractivity contribution in [2.45, 2.75) is 51.2 Å². The summed E-state index contributed by atoms with van der Waals surface area (Å²) in [4.78, 5) is 8.80. The van der Waals surface area contributed by atoms with Gasteiger partial charge in [-0.25, -0.2) is 9.97 Å². The Morgan fingerprint density at radius 1 is 1.41 bits per heavy atom. The smallest absolute Gasteiger partial charge is 0.202 e. The lowest BCUT2D eigenvalue weighted by atomic mass is 9.96. The first-order valence-corrected chi connectivity index (χ1v) is 8.39. The van der Waals surface area contributed by atoms with Gasteiger partial charge in [-0.2, -0.15) is 4.37 Å². The summed E-state index contributed by atoms with van der Waals surface area (Å²) in [5.74, 6) is 0.898. The van der Waals surface area contributed by atoms with Crippen molar-refractivity contribution in [1.82, 2.24) is 18.9 Å². The molecule has 0 aromatic carbocycles. The summed E-state index contributed by atoms with van der Waals surface area (Å²) in [5, 5.41) is 4.42. The molecule has 2 aromatic heterocycles. The summed E-state index contributed by atoms with van der Waals surface area (Å²) in [6.07, 6.45) is 5.70. The zero-order valence-electron chi connectivity index (χ0n) is 13.5. The van der Waals surface area contributed by atoms with Crippen molar-refractivity contribution in [3.05, 3.63) is 24.0 Å². The molecule has 3 heterocycles. The molecule has 7 heteroatoms. The highest BCUT2D eigenvalue weighted by Gasteiger charge is 2.27. The molecule has 0 radical (unpaired) electrons. The monoisotopic (exact) mass is 321 g/mol. The Kier molecular flexibility index (Phi) is 4.18. The summed E-state index contributed by atoms with van der Waals surface area (Å²) in [6.45, 7) is 7.14. The zero-order valence-corrected chi connectivity index (χ0v) is 14.4. The minimum Gasteiger partial charge on any atom is -0.372 e. The number of rotatable bonds is 3. The van der Waals surface area contributed by atoms with Crippen LogP contribution in [0.15, 0.2) is 12.5 Å². The second kappa shape index (κ2) is 5.96. The average Bonchev–Trinajstić information content (AvgIpc) is 3.07. The van der Waals surface area contributed by atoms with E-state index < -0.39 is 0 Å². The van der Waals surface area contributed by atoms with Crippen molar-refractivity contribution in [3.8, 4) is 0 Å². The Labute approximate surface area is 135 Å². The summed E-state index contributed by atoms with van der Waals surface area (Å²) in [6, 6.07) is 0.356. The third-order valence-electron chi connectivity index (χ3n) is 3.89. The van der Waals surface area contributed by atoms with E-state index >= 15 is 0 Å². The first-order valence-electron chi connectivity index (χ1n) is 7.62. The van der Waals surface area contributed by atoms with Crippen LogP contribution in [0.4, 0.5) is 5.13 Å². The maximum atomic E-state index is 5.90. The molecule has 120 valence electrons. The van der Waals surface area contributed by atoms with Gasteiger partial charge in [0.25, 0.3) is 0 Å². The summed E-state index contributed by atoms with van der Waals surface area (Å²) >= 11 is 1.44. The predicted octanol–water partition coefficient (Wildman–Crippen LogP) is 2.90. The first kappa shape index (κ1) is 15.4. The van der Waals surface area contributed by atoms with Gasteiger partial charge in [-0.15, -0.1) is 0 Å². The van der Waals surface area contributed by atoms with Gasteiger partial charge in [0.2, 0.25) is 5.13 Å². The maximum Gasteiger partial charge on any atom is 0.202 e. The Bertz CT molecular complexity index is 630. The molecule has 1 fully saturated rings. The molecule has 6 nitrogen and oxygen atoms in total. The Hall–Kier alpha value is -1.47. The van der Waals surface area contributed by atoms with E-state index in [4.69, 9.17) is 4.74 Å². The number of hydrogen-bond donors (Lipinski definition) is 1. The molecular weight excluding hydrogens is 298 g/mol. The van der Waals surface area contributed by atoms with Gasteiger partial charge in [0.05, 0.1) is 18.2 Å². The third-order valence-corrected chi connectivity index (χ3v) is 4.54. The van der Waals surface area contributed by atoms with Gasteiger partial charge in [-0.1, -0.05) is 20.8 Å². The molecular formula is C15H23N5OS. The molecule has 0 bridgehead atoms. The van der Waals surface area contributed by atoms with Crippen LogP contribution in [-0.4, -0.2) is 31.6 Å². The molecule has 2 aromatic rings. The van der Waals surface area contributed by atoms with Crippen molar-refractivity contribution < 1.29 is 4.74 Å². The van der Waals surface area contributed by atoms with Crippen LogP contribution >= 0.6 is 11.5 Å². The largest absolute Gasteiger partial charge is 0.372 e. The van der Waals surface area contributed by atoms with Gasteiger partial charge < -0.3 is 14.6 Å². The summed E-state index contributed by atoms with van der Waals surface area (Å²) in [7, 11) is 2.00. The van der Waals surface area contributed by atoms with Crippen LogP contribution in [0.25, 0.3) is 0 Å². The van der Waals surface area contributed by atoms with E-state index in [9.17, 15) is 0 Å². The molecule has 1 aliphatic rings. The fourth-order valence-corrected chi connectivity index (χ4v) is 3.41. The van der Waals surface area contributed by atoms with Crippen molar-refractivity contribution in [2.24, 2.45) is 7.05 Å². The van der Waals surface area contributed by atoms with Gasteiger partial charge in [0.1, 0.15) is 11.9 Å². The standard InChI is InChI=1S/C15H23N5OS/c1-15(2,3)13-18-14(22-19-13)17-10-5-6-21-12(7-10)11-8-16-9-20(11)4/h8-10,12H,5-7H2,1-4H3,(H,17,18,19)/t10-,12-/m1/s1. The lowest BCUT2D eigenvalue weighted by Crippen LogP contribution is -2.30. The normalized spacial score (nSPS) is 22.7. The van der Waals surface area contributed by atoms with Crippen LogP contribution in [0.2, 0.25) is 0 Å². The number of nitrogens with zero attached hydrogens (tertiary/aromatic N) is 4. The molecule has 0 aliphatic carbocycles. The van der Waals surface area contributed by atoms with Crippen LogP contribution in [0.1, 0.15) is 51.2 Å². The molecule has 0 amide bonds. The number of anilines is 1. The van der Waals surface area contributed by atoms with Gasteiger partial charge >= 0.3 is 0 Å². The second-order valence-corrected chi connectivity index (χ2v) is 7.58. The summed E-state index contributed by atoms with van der Waals surface area (Å²) < 4.78 is 12.4. The highest BCUT2D eigenvalue weighted by Crippen LogP contribution is 2.30. The molecule has 0 unspecified atom stereocenters. The molecule has 3 rings (SSSR count). The Morgan fingerprint density at radius 3 is 2.86 bits per heavy atom. The van der Waals surface area contributed by atoms with E-state index in [0.717, 1.165) is 36.1 Å². The SMILES string of the molecule is Cn1cncc1[C@H]1C[C@H](Nc2nc(C(C)(C)C)ns2)CCO1. The van der Waals surface area contributed by atoms with Gasteiger partial charge in [0.15, 0.2) is 0 Å². The van der Waals surface area contributed by atoms with Gasteiger partial charge in [-0.3, -0.25) is 0 Å². The zero-order chi connectivity index (χ0) is 15.7. The predicted molar refractivity (Wildman–Crippen MR) is 87.2 cm³/mol. The number of imidazole rings is 1. The number of hydrogen-bond acceptors (Lipinski definition) is 6. The number of aryl methyl sites for hydroxylation is 1. The Morgan fingerprint density at radius 2 is 2.23 bits per heavy atom. The van der Waals surface area contributed by atoms with Crippen molar-refractivity contribution in [3.63, 3.8) is 0 Å². The molecule has 0 saturated carbocycles. The number of aromatic nitrogens is 4. The van der Waals surface area contributed by atoms with Gasteiger partial charge in [0, 0.05) is 36.6 Å². The van der Waals surface area contributed by atoms with E-state index in [1.807, 2.05) is 24.1 Å². The van der Waals surface area contributed by atoms with E-state index in [1.54, 1.807) is 0 Å². The molecule has 22 heavy (non-hydrogen) atoms. The highest BCUT2D eigenvalue weighted by molar-refractivity contribution is 7.09. The molecule has 1 saturated heterocycles. The highest BCUT2D eigenvalue weighted by atomic mass is 32.1. The molecule has 2 atom stereocenters. The summed E-state index contributed by atoms with van der Waals surface area (Å²) in [5.41, 5.74) is 1.11. The van der Waals surface area contributed by atoms with Crippen molar-refractivity contribution in [1.29, 1.82) is 0 Å². The quantitative estimate of drug-likeness (QED) is 0.941. The molecule has 0 spiro atoms. The number of nitrogens with one attached hydrogen (secondary N) is 1. The first-order chi connectivity index (χ1) is 10.4. The second-order valence-electron chi connectivity index (χ2n) is 6.83. The fraction of sp³-hybridized carbons (Fsp3) is 0.667. The molecule has 1 N–H and O–H groups in total. The number of ether oxygens (including phenoxy) is 1. The topological polar surface area (TPSA) is 64.9 Å². The Balaban J connectivity index is 1.66. The lowest BCUT2D eigenvalue weighted by Gasteiger charge is -2.30. The third kappa shape index (κ3) is 3.30. The van der Waals surface area contributed by atoms with Crippen molar-refractivity contribution in [2.75, 3.05) is 11.9 Å². The average molecular weight is 321 g/mol. The van der Waals surface area contributed by atoms with E-state index in [2.05, 4.69) is 40.4 Å². The van der Waals surface area contributed by atoms with Crippen LogP contribution in [0.5, 0.6) is 0 Å². The van der Waals surface area contributed by atoms with Crippen LogP contribution in [0.3, 0.4) is 0 Å². The molecule has 1 aliphatic heterocycles. The van der Waals surface area contributed by atoms with E-state index in [-0.39, 0.29) is 11.5 Å². The van der Waals surface area contributed by atoms with E-state index in [1.165, 1.54) is 11.5 Å². The lowest BCUT2D eigenvalue weighted by molar-refractivity contribution is 0.00559. The minimum atomic E-state index is -0.0106. The van der Waals surface area contributed by atoms with Crippen LogP contribution in [-0.2, 0) is 17.2 Å². The van der Waals surface area contributed by atoms with Crippen molar-refractivity contribution >= 4 is 16.7 Å². The maximum absolute atomic E-state index is 5.90. The van der Waals surface area contributed by atoms with Crippen LogP contribution in [0, 0.1) is 0 Å². The minimum absolute atomic E-state index is 0.0106.